The van der Waals surface area contributed by atoms with E-state index in [1.54, 1.807) is 0 Å². The first-order chi connectivity index (χ1) is 26.2. The summed E-state index contributed by atoms with van der Waals surface area (Å²) in [5.41, 5.74) is 10.6. The second-order valence-electron chi connectivity index (χ2n) is 14.4. The topological polar surface area (TPSA) is 177 Å². The van der Waals surface area contributed by atoms with Crippen LogP contribution in [0.5, 0.6) is 0 Å². The Balaban J connectivity index is 4.37. The van der Waals surface area contributed by atoms with Crippen LogP contribution in [-0.4, -0.2) is 50.4 Å². The average Bonchev–Trinajstić information content (AvgIpc) is 3.14. The number of nitrogens with one attached hydrogen (secondary N) is 1. The molecule has 0 aliphatic rings. The molecule has 0 fully saturated rings. The van der Waals surface area contributed by atoms with Crippen molar-refractivity contribution in [1.29, 1.82) is 0 Å². The first-order valence-corrected chi connectivity index (χ1v) is 23.0. The highest BCUT2D eigenvalue weighted by atomic mass is 31.2. The zero-order valence-electron chi connectivity index (χ0n) is 34.4. The summed E-state index contributed by atoms with van der Waals surface area (Å²) in [7, 11) is -4.72. The third-order valence-electron chi connectivity index (χ3n) is 9.11. The fourth-order valence-electron chi connectivity index (χ4n) is 5.86. The van der Waals surface area contributed by atoms with Crippen molar-refractivity contribution in [3.05, 3.63) is 24.3 Å². The molecule has 0 aliphatic heterocycles. The summed E-state index contributed by atoms with van der Waals surface area (Å²) in [6.45, 7) is 3.45. The first kappa shape index (κ1) is 51.8. The Bertz CT molecular complexity index is 1020. The minimum Gasteiger partial charge on any atom is -0.756 e. The number of rotatable bonds is 40. The van der Waals surface area contributed by atoms with Crippen molar-refractivity contribution >= 4 is 25.7 Å². The number of phosphoric ester groups is 1. The number of phosphoric acid groups is 1. The normalized spacial score (nSPS) is 13.3. The molecule has 0 rings (SSSR count). The predicted octanol–water partition coefficient (Wildman–Crippen LogP) is 8.37. The molecule has 0 bridgehead atoms. The Morgan fingerprint density at radius 2 is 1.00 bits per heavy atom. The largest absolute Gasteiger partial charge is 0.756 e. The van der Waals surface area contributed by atoms with Crippen molar-refractivity contribution in [2.24, 2.45) is 11.5 Å². The number of carbonyl (C=O) groups is 2. The van der Waals surface area contributed by atoms with E-state index in [1.165, 1.54) is 83.5 Å². The van der Waals surface area contributed by atoms with Crippen LogP contribution in [0.15, 0.2) is 24.3 Å². The maximum Gasteiger partial charge on any atom is 0.338 e. The number of carbonyl (C=O) groups excluding carboxylic acids is 2. The van der Waals surface area contributed by atoms with Gasteiger partial charge in [-0.05, 0) is 64.2 Å². The molecule has 0 aromatic heterocycles. The number of esters is 2. The number of ether oxygens (including phenoxy) is 2. The lowest BCUT2D eigenvalue weighted by Gasteiger charge is -2.25. The summed E-state index contributed by atoms with van der Waals surface area (Å²) in [4.78, 5) is 39.8. The van der Waals surface area contributed by atoms with E-state index < -0.39 is 32.5 Å². The summed E-state index contributed by atoms with van der Waals surface area (Å²) in [5, 5.41) is 0. The van der Waals surface area contributed by atoms with E-state index in [1.807, 2.05) is 0 Å². The van der Waals surface area contributed by atoms with Gasteiger partial charge in [-0.25, -0.2) is 0 Å². The zero-order chi connectivity index (χ0) is 39.8. The van der Waals surface area contributed by atoms with Crippen molar-refractivity contribution in [2.45, 2.75) is 200 Å². The van der Waals surface area contributed by atoms with E-state index in [4.69, 9.17) is 30.0 Å². The van der Waals surface area contributed by atoms with Gasteiger partial charge in [0.1, 0.15) is 6.61 Å². The quantitative estimate of drug-likeness (QED) is 0.0137. The standard InChI is InChI=1S/C42H80N3O8P/c1-3-5-7-9-11-13-15-17-19-21-23-25-27-29-31-33-40(46)50-37-39(38-52-54(48,49)51-36-35-45-42(43)44)53-41(47)34-32-30-28-26-24-22-20-18-16-14-12-10-8-6-4-2/h17-20,39H,3-16,21-38H2,1-2H3,(H,48,49)(H4,43,44,45)/b19-17-,20-18-/t39-/m1/s1. The number of unbranched alkanes of at least 4 members (excludes halogenated alkanes) is 22. The molecule has 11 nitrogen and oxygen atoms in total. The van der Waals surface area contributed by atoms with Crippen molar-refractivity contribution < 1.29 is 42.6 Å². The molecular weight excluding hydrogens is 705 g/mol. The van der Waals surface area contributed by atoms with Gasteiger partial charge in [0.25, 0.3) is 7.82 Å². The third kappa shape index (κ3) is 39.5. The lowest BCUT2D eigenvalue weighted by atomic mass is 10.1. The van der Waals surface area contributed by atoms with Gasteiger partial charge in [-0.2, -0.15) is 0 Å². The third-order valence-corrected chi connectivity index (χ3v) is 10.1. The molecule has 2 atom stereocenters. The molecule has 0 saturated carbocycles. The molecule has 0 aromatic rings. The van der Waals surface area contributed by atoms with Crippen LogP contribution >= 0.6 is 7.82 Å². The molecule has 1 unspecified atom stereocenters. The number of allylic oxidation sites excluding steroid dienone is 4. The molecule has 316 valence electrons. The molecular formula is C42H80N3O8P. The highest BCUT2D eigenvalue weighted by Crippen LogP contribution is 2.38. The maximum absolute atomic E-state index is 12.6. The molecule has 0 spiro atoms. The lowest BCUT2D eigenvalue weighted by Crippen LogP contribution is -2.78. The number of nitrogens with two attached hydrogens (primary N) is 2. The molecule has 0 amide bonds. The summed E-state index contributed by atoms with van der Waals surface area (Å²) in [6.07, 6.45) is 38.6. The predicted molar refractivity (Wildman–Crippen MR) is 218 cm³/mol. The van der Waals surface area contributed by atoms with Crippen LogP contribution < -0.4 is 21.4 Å². The number of guanidine groups is 1. The molecule has 5 N–H and O–H groups in total. The first-order valence-electron chi connectivity index (χ1n) is 21.6. The van der Waals surface area contributed by atoms with Gasteiger partial charge in [0, 0.05) is 12.8 Å². The van der Waals surface area contributed by atoms with Crippen molar-refractivity contribution in [2.75, 3.05) is 26.4 Å². The molecule has 0 radical (unpaired) electrons. The minimum absolute atomic E-state index is 0.0558. The van der Waals surface area contributed by atoms with Gasteiger partial charge >= 0.3 is 17.9 Å². The highest BCUT2D eigenvalue weighted by molar-refractivity contribution is 7.45. The van der Waals surface area contributed by atoms with Crippen LogP contribution in [0, 0.1) is 0 Å². The number of hydrogen-bond donors (Lipinski definition) is 3. The molecule has 0 aliphatic carbocycles. The molecule has 12 heteroatoms. The Labute approximate surface area is 329 Å². The summed E-state index contributed by atoms with van der Waals surface area (Å²) >= 11 is 0. The molecule has 0 aromatic carbocycles. The van der Waals surface area contributed by atoms with E-state index in [-0.39, 0.29) is 38.6 Å². The summed E-state index contributed by atoms with van der Waals surface area (Å²) < 4.78 is 32.8. The maximum atomic E-state index is 12.6. The second kappa shape index (κ2) is 39.1. The van der Waals surface area contributed by atoms with Gasteiger partial charge < -0.3 is 23.4 Å². The lowest BCUT2D eigenvalue weighted by molar-refractivity contribution is -0.462. The average molecular weight is 786 g/mol. The highest BCUT2D eigenvalue weighted by Gasteiger charge is 2.21. The van der Waals surface area contributed by atoms with Crippen LogP contribution in [-0.2, 0) is 32.7 Å². The summed E-state index contributed by atoms with van der Waals surface area (Å²) in [5.74, 6) is -0.981. The smallest absolute Gasteiger partial charge is 0.338 e. The summed E-state index contributed by atoms with van der Waals surface area (Å²) in [6, 6.07) is 0. The van der Waals surface area contributed by atoms with Crippen molar-refractivity contribution in [3.8, 4) is 0 Å². The van der Waals surface area contributed by atoms with E-state index in [0.717, 1.165) is 70.6 Å². The Hall–Kier alpha value is -2.20. The molecule has 0 heterocycles. The minimum atomic E-state index is -4.72. The van der Waals surface area contributed by atoms with Crippen LogP contribution in [0.3, 0.4) is 0 Å². The van der Waals surface area contributed by atoms with Crippen molar-refractivity contribution in [1.82, 2.24) is 0 Å². The molecule has 0 saturated heterocycles. The zero-order valence-corrected chi connectivity index (χ0v) is 35.3. The fraction of sp³-hybridized carbons (Fsp3) is 0.833. The van der Waals surface area contributed by atoms with E-state index in [2.05, 4.69) is 43.1 Å². The second-order valence-corrected chi connectivity index (χ2v) is 15.8. The van der Waals surface area contributed by atoms with Gasteiger partial charge in [0.15, 0.2) is 6.10 Å². The van der Waals surface area contributed by atoms with Crippen LogP contribution in [0.2, 0.25) is 0 Å². The van der Waals surface area contributed by atoms with Crippen LogP contribution in [0.4, 0.5) is 0 Å². The monoisotopic (exact) mass is 786 g/mol. The number of hydrogen-bond acceptors (Lipinski definition) is 8. The van der Waals surface area contributed by atoms with Gasteiger partial charge in [0.05, 0.1) is 19.8 Å². The Morgan fingerprint density at radius 3 is 1.44 bits per heavy atom. The molecule has 54 heavy (non-hydrogen) atoms. The van der Waals surface area contributed by atoms with Gasteiger partial charge in [-0.3, -0.25) is 30.6 Å². The van der Waals surface area contributed by atoms with E-state index >= 15 is 0 Å². The fourth-order valence-corrected chi connectivity index (χ4v) is 6.60. The van der Waals surface area contributed by atoms with Crippen molar-refractivity contribution in [3.63, 3.8) is 0 Å². The SMILES string of the molecule is CCCCCCCC/C=C\CCCCCCCC(=O)OC[C@H](COP(=O)([O-])OCC[NH+]=C(N)N)OC(=O)CCCCCCC/C=C\CCCCCCCC. The Kier molecular flexibility index (Phi) is 37.5. The van der Waals surface area contributed by atoms with Crippen LogP contribution in [0.1, 0.15) is 194 Å². The Morgan fingerprint density at radius 1 is 0.593 bits per heavy atom. The van der Waals surface area contributed by atoms with Gasteiger partial charge in [-0.1, -0.05) is 141 Å². The van der Waals surface area contributed by atoms with Gasteiger partial charge in [-0.15, -0.1) is 0 Å². The van der Waals surface area contributed by atoms with Crippen LogP contribution in [0.25, 0.3) is 0 Å². The van der Waals surface area contributed by atoms with Gasteiger partial charge in [0.2, 0.25) is 0 Å². The van der Waals surface area contributed by atoms with E-state index in [0.29, 0.717) is 12.8 Å². The van der Waals surface area contributed by atoms with E-state index in [9.17, 15) is 19.0 Å².